The molecule has 1 rings (SSSR count). The quantitative estimate of drug-likeness (QED) is 0.281. The largest absolute Gasteiger partial charge is 0.394 e. The van der Waals surface area contributed by atoms with Crippen LogP contribution >= 0.6 is 7.60 Å². The summed E-state index contributed by atoms with van der Waals surface area (Å²) in [5.74, 6) is -1.94. The van der Waals surface area contributed by atoms with Gasteiger partial charge in [-0.15, -0.1) is 0 Å². The van der Waals surface area contributed by atoms with Crippen LogP contribution in [0, 0.1) is 0 Å². The molecule has 0 aromatic heterocycles. The summed E-state index contributed by atoms with van der Waals surface area (Å²) in [5.41, 5.74) is 0. The summed E-state index contributed by atoms with van der Waals surface area (Å²) in [6.07, 6.45) is -6.59. The minimum atomic E-state index is -4.77. The predicted octanol–water partition coefficient (Wildman–Crippen LogP) is -3.04. The highest BCUT2D eigenvalue weighted by molar-refractivity contribution is 7.52. The fourth-order valence-corrected chi connectivity index (χ4v) is 2.25. The first-order valence-corrected chi connectivity index (χ1v) is 5.83. The van der Waals surface area contributed by atoms with Gasteiger partial charge < -0.3 is 34.9 Å². The van der Waals surface area contributed by atoms with Crippen LogP contribution in [0.3, 0.4) is 0 Å². The highest BCUT2D eigenvalue weighted by atomic mass is 31.2. The van der Waals surface area contributed by atoms with Crippen LogP contribution in [-0.2, 0) is 9.30 Å². The zero-order valence-electron chi connectivity index (χ0n) is 7.54. The third-order valence-corrected chi connectivity index (χ3v) is 3.29. The Morgan fingerprint density at radius 3 is 2.00 bits per heavy atom. The van der Waals surface area contributed by atoms with Crippen LogP contribution in [0.4, 0.5) is 0 Å². The summed E-state index contributed by atoms with van der Waals surface area (Å²) >= 11 is 0. The Bertz CT molecular complexity index is 262. The van der Waals surface area contributed by atoms with Crippen molar-refractivity contribution in [2.45, 2.75) is 30.3 Å². The molecule has 0 aliphatic carbocycles. The average Bonchev–Trinajstić information content (AvgIpc) is 2.13. The van der Waals surface area contributed by atoms with Crippen LogP contribution in [0.1, 0.15) is 0 Å². The van der Waals surface area contributed by atoms with E-state index in [1.165, 1.54) is 0 Å². The van der Waals surface area contributed by atoms with E-state index in [2.05, 4.69) is 4.74 Å². The van der Waals surface area contributed by atoms with Crippen molar-refractivity contribution in [2.75, 3.05) is 6.61 Å². The van der Waals surface area contributed by atoms with Crippen molar-refractivity contribution in [1.82, 2.24) is 0 Å². The van der Waals surface area contributed by atoms with Crippen molar-refractivity contribution in [3.8, 4) is 0 Å². The highest BCUT2D eigenvalue weighted by Crippen LogP contribution is 2.46. The van der Waals surface area contributed by atoms with E-state index in [1.807, 2.05) is 0 Å². The van der Waals surface area contributed by atoms with Gasteiger partial charge in [-0.1, -0.05) is 0 Å². The van der Waals surface area contributed by atoms with Crippen molar-refractivity contribution in [1.29, 1.82) is 0 Å². The van der Waals surface area contributed by atoms with E-state index in [-0.39, 0.29) is 0 Å². The van der Waals surface area contributed by atoms with Crippen LogP contribution in [-0.4, -0.2) is 67.1 Å². The van der Waals surface area contributed by atoms with Crippen molar-refractivity contribution in [2.24, 2.45) is 0 Å². The molecular formula is C6H13O8P. The molecule has 0 saturated carbocycles. The molecule has 1 heterocycles. The second kappa shape index (κ2) is 4.44. The summed E-state index contributed by atoms with van der Waals surface area (Å²) in [6.45, 7) is -0.721. The van der Waals surface area contributed by atoms with Crippen molar-refractivity contribution in [3.63, 3.8) is 0 Å². The summed E-state index contributed by atoms with van der Waals surface area (Å²) in [7, 11) is -4.77. The van der Waals surface area contributed by atoms with E-state index in [0.29, 0.717) is 0 Å². The van der Waals surface area contributed by atoms with Crippen molar-refractivity contribution >= 4 is 7.60 Å². The molecule has 5 atom stereocenters. The molecule has 0 aromatic carbocycles. The van der Waals surface area contributed by atoms with E-state index >= 15 is 0 Å². The molecule has 0 bridgehead atoms. The number of rotatable bonds is 2. The van der Waals surface area contributed by atoms with Crippen LogP contribution in [0.5, 0.6) is 0 Å². The maximum Gasteiger partial charge on any atom is 0.356 e. The molecule has 0 aromatic rings. The summed E-state index contributed by atoms with van der Waals surface area (Å²) in [5, 5.41) is 36.5. The molecule has 1 aliphatic rings. The molecule has 1 aliphatic heterocycles. The van der Waals surface area contributed by atoms with Gasteiger partial charge in [-0.25, -0.2) is 0 Å². The number of aliphatic hydroxyl groups excluding tert-OH is 4. The van der Waals surface area contributed by atoms with Crippen molar-refractivity contribution < 1.29 is 39.5 Å². The molecule has 9 heteroatoms. The zero-order valence-corrected chi connectivity index (χ0v) is 8.44. The molecule has 0 spiro atoms. The van der Waals surface area contributed by atoms with E-state index in [0.717, 1.165) is 0 Å². The van der Waals surface area contributed by atoms with Gasteiger partial charge in [0, 0.05) is 0 Å². The number of hydrogen-bond donors (Lipinski definition) is 6. The normalized spacial score (nSPS) is 42.9. The molecule has 90 valence electrons. The minimum Gasteiger partial charge on any atom is -0.394 e. The average molecular weight is 244 g/mol. The number of hydrogen-bond acceptors (Lipinski definition) is 6. The number of aliphatic hydroxyl groups is 4. The topological polar surface area (TPSA) is 148 Å². The molecule has 15 heavy (non-hydrogen) atoms. The summed E-state index contributed by atoms with van der Waals surface area (Å²) < 4.78 is 15.5. The van der Waals surface area contributed by atoms with E-state index < -0.39 is 44.5 Å². The van der Waals surface area contributed by atoms with E-state index in [4.69, 9.17) is 14.9 Å². The molecule has 8 nitrogen and oxygen atoms in total. The van der Waals surface area contributed by atoms with Gasteiger partial charge in [0.15, 0.2) is 5.85 Å². The Kier molecular flexibility index (Phi) is 3.85. The van der Waals surface area contributed by atoms with Crippen LogP contribution in [0.15, 0.2) is 0 Å². The van der Waals surface area contributed by atoms with Gasteiger partial charge >= 0.3 is 7.60 Å². The Morgan fingerprint density at radius 1 is 1.07 bits per heavy atom. The van der Waals surface area contributed by atoms with Crippen LogP contribution < -0.4 is 0 Å². The Labute approximate surface area is 84.9 Å². The molecule has 1 fully saturated rings. The molecule has 0 unspecified atom stereocenters. The van der Waals surface area contributed by atoms with Gasteiger partial charge in [0.1, 0.15) is 24.4 Å². The van der Waals surface area contributed by atoms with Gasteiger partial charge in [-0.05, 0) is 0 Å². The Morgan fingerprint density at radius 2 is 1.60 bits per heavy atom. The second-order valence-corrected chi connectivity index (χ2v) is 5.00. The summed E-state index contributed by atoms with van der Waals surface area (Å²) in [4.78, 5) is 17.6. The smallest absolute Gasteiger partial charge is 0.356 e. The molecule has 0 radical (unpaired) electrons. The van der Waals surface area contributed by atoms with Gasteiger partial charge in [-0.3, -0.25) is 4.57 Å². The first kappa shape index (κ1) is 13.0. The molecule has 1 saturated heterocycles. The second-order valence-electron chi connectivity index (χ2n) is 3.31. The number of ether oxygens (including phenoxy) is 1. The Balaban J connectivity index is 2.88. The predicted molar refractivity (Wildman–Crippen MR) is 45.8 cm³/mol. The maximum absolute atomic E-state index is 10.8. The SMILES string of the molecule is O=P(O)(O)[C@H]1O[C@@H](CO)[C@@H](O)[C@H](O)[C@@H]1O. The minimum absolute atomic E-state index is 0.721. The molecule has 6 N–H and O–H groups in total. The van der Waals surface area contributed by atoms with E-state index in [9.17, 15) is 19.9 Å². The van der Waals surface area contributed by atoms with Crippen LogP contribution in [0.25, 0.3) is 0 Å². The lowest BCUT2D eigenvalue weighted by atomic mass is 10.0. The van der Waals surface area contributed by atoms with Gasteiger partial charge in [0.25, 0.3) is 0 Å². The monoisotopic (exact) mass is 244 g/mol. The summed E-state index contributed by atoms with van der Waals surface area (Å²) in [6, 6.07) is 0. The first-order chi connectivity index (χ1) is 6.79. The first-order valence-electron chi connectivity index (χ1n) is 4.14. The fraction of sp³-hybridized carbons (Fsp3) is 1.00. The van der Waals surface area contributed by atoms with Gasteiger partial charge in [-0.2, -0.15) is 0 Å². The lowest BCUT2D eigenvalue weighted by Gasteiger charge is -2.39. The van der Waals surface area contributed by atoms with Crippen LogP contribution in [0.2, 0.25) is 0 Å². The fourth-order valence-electron chi connectivity index (χ4n) is 1.36. The van der Waals surface area contributed by atoms with Gasteiger partial charge in [0.2, 0.25) is 0 Å². The standard InChI is InChI=1S/C6H13O8P/c7-1-2-3(8)4(9)5(10)6(14-2)15(11,12)13/h2-10H,1H2,(H2,11,12,13)/t2-,3+,4-,5-,6+/m0/s1. The molecule has 0 amide bonds. The van der Waals surface area contributed by atoms with Crippen molar-refractivity contribution in [3.05, 3.63) is 0 Å². The van der Waals surface area contributed by atoms with Gasteiger partial charge in [0.05, 0.1) is 6.61 Å². The maximum atomic E-state index is 10.8. The highest BCUT2D eigenvalue weighted by Gasteiger charge is 2.50. The Hall–Kier alpha value is -0.0500. The third kappa shape index (κ3) is 2.55. The lowest BCUT2D eigenvalue weighted by Crippen LogP contribution is -2.58. The third-order valence-electron chi connectivity index (χ3n) is 2.20. The van der Waals surface area contributed by atoms with E-state index in [1.54, 1.807) is 0 Å². The lowest BCUT2D eigenvalue weighted by molar-refractivity contribution is -0.211. The zero-order chi connectivity index (χ0) is 11.8. The molecular weight excluding hydrogens is 231 g/mol.